The minimum Gasteiger partial charge on any atom is -0.416 e. The second-order valence-corrected chi connectivity index (χ2v) is 7.96. The Labute approximate surface area is 178 Å². The Bertz CT molecular complexity index is 1230. The molecule has 10 heteroatoms. The molecule has 0 aromatic heterocycles. The molecule has 0 amide bonds. The minimum absolute atomic E-state index is 0.156. The van der Waals surface area contributed by atoms with Crippen LogP contribution < -0.4 is 15.4 Å². The third-order valence-corrected chi connectivity index (χ3v) is 5.52. The molecule has 5 nitrogen and oxygen atoms in total. The summed E-state index contributed by atoms with van der Waals surface area (Å²) in [6, 6.07) is 3.50. The van der Waals surface area contributed by atoms with Crippen LogP contribution in [-0.2, 0) is 15.0 Å². The van der Waals surface area contributed by atoms with Crippen LogP contribution in [0.15, 0.2) is 23.4 Å². The zero-order valence-electron chi connectivity index (χ0n) is 16.8. The van der Waals surface area contributed by atoms with Crippen LogP contribution in [0.5, 0.6) is 5.75 Å². The Balaban J connectivity index is 1.77. The van der Waals surface area contributed by atoms with Crippen molar-refractivity contribution in [2.75, 3.05) is 17.2 Å². The van der Waals surface area contributed by atoms with Gasteiger partial charge in [0.25, 0.3) is 0 Å². The third kappa shape index (κ3) is 3.23. The van der Waals surface area contributed by atoms with Crippen molar-refractivity contribution in [3.63, 3.8) is 0 Å². The van der Waals surface area contributed by atoms with E-state index in [0.717, 1.165) is 17.7 Å². The highest BCUT2D eigenvalue weighted by Gasteiger charge is 2.34. The van der Waals surface area contributed by atoms with Gasteiger partial charge in [-0.15, -0.1) is 0 Å². The van der Waals surface area contributed by atoms with Crippen molar-refractivity contribution >= 4 is 29.4 Å². The molecule has 2 aromatic carbocycles. The number of hydrogen-bond acceptors (Lipinski definition) is 5. The van der Waals surface area contributed by atoms with Gasteiger partial charge < -0.3 is 15.4 Å². The van der Waals surface area contributed by atoms with Crippen LogP contribution in [0, 0.1) is 29.1 Å². The van der Waals surface area contributed by atoms with Gasteiger partial charge in [-0.3, -0.25) is 0 Å². The fourth-order valence-corrected chi connectivity index (χ4v) is 3.74. The number of fused-ring (bicyclic) bond motifs is 3. The van der Waals surface area contributed by atoms with E-state index in [1.165, 1.54) is 12.0 Å². The molecule has 166 valence electrons. The molecule has 4 rings (SSSR count). The summed E-state index contributed by atoms with van der Waals surface area (Å²) in [5, 5.41) is 5.99. The SMILES string of the molecule is CC1(C)CCNc2c1ccc1c2NC(=C=O)C(C(=O)Oc2c(F)c(F)c(F)c(F)c2F)=C1. The van der Waals surface area contributed by atoms with E-state index < -0.39 is 52.1 Å². The molecule has 2 heterocycles. The molecule has 0 radical (unpaired) electrons. The standard InChI is InChI=1S/C22H15F5N2O3/c1-22(2)5-6-28-19-11(22)4-3-9-7-10(12(8-30)29-18(9)19)21(31)32-20-16(26)14(24)13(23)15(25)17(20)27/h3-4,7,28-29H,5-6H2,1-2H3. The van der Waals surface area contributed by atoms with Gasteiger partial charge in [-0.05, 0) is 23.5 Å². The predicted octanol–water partition coefficient (Wildman–Crippen LogP) is 4.61. The number of benzene rings is 2. The van der Waals surface area contributed by atoms with Crippen LogP contribution in [0.2, 0.25) is 0 Å². The summed E-state index contributed by atoms with van der Waals surface area (Å²) < 4.78 is 72.3. The molecule has 0 bridgehead atoms. The lowest BCUT2D eigenvalue weighted by Gasteiger charge is -2.36. The van der Waals surface area contributed by atoms with E-state index in [-0.39, 0.29) is 5.41 Å². The maximum atomic E-state index is 13.9. The number of halogens is 5. The topological polar surface area (TPSA) is 67.4 Å². The fourth-order valence-electron chi connectivity index (χ4n) is 3.74. The van der Waals surface area contributed by atoms with Gasteiger partial charge in [0.05, 0.1) is 16.9 Å². The molecule has 0 saturated carbocycles. The summed E-state index contributed by atoms with van der Waals surface area (Å²) in [5.41, 5.74) is 1.56. The van der Waals surface area contributed by atoms with Crippen molar-refractivity contribution in [3.8, 4) is 5.75 Å². The van der Waals surface area contributed by atoms with E-state index in [4.69, 9.17) is 0 Å². The van der Waals surface area contributed by atoms with Crippen molar-refractivity contribution in [2.45, 2.75) is 25.7 Å². The number of hydrogen-bond donors (Lipinski definition) is 2. The molecule has 0 spiro atoms. The lowest BCUT2D eigenvalue weighted by atomic mass is 9.77. The second kappa shape index (κ2) is 7.49. The smallest absolute Gasteiger partial charge is 0.346 e. The first-order valence-corrected chi connectivity index (χ1v) is 9.46. The van der Waals surface area contributed by atoms with Crippen molar-refractivity contribution in [2.24, 2.45) is 0 Å². The zero-order valence-corrected chi connectivity index (χ0v) is 16.8. The highest BCUT2D eigenvalue weighted by Crippen LogP contribution is 2.45. The van der Waals surface area contributed by atoms with Crippen LogP contribution in [-0.4, -0.2) is 18.5 Å². The quantitative estimate of drug-likeness (QED) is 0.175. The summed E-state index contributed by atoms with van der Waals surface area (Å²) in [4.78, 5) is 24.0. The fraction of sp³-hybridized carbons (Fsp3) is 0.227. The molecule has 0 fully saturated rings. The molecular formula is C22H15F5N2O3. The largest absolute Gasteiger partial charge is 0.416 e. The number of nitrogens with one attached hydrogen (secondary N) is 2. The number of esters is 1. The maximum absolute atomic E-state index is 13.9. The van der Waals surface area contributed by atoms with E-state index in [0.29, 0.717) is 17.8 Å². The predicted molar refractivity (Wildman–Crippen MR) is 105 cm³/mol. The van der Waals surface area contributed by atoms with Gasteiger partial charge in [0.2, 0.25) is 34.8 Å². The zero-order chi connectivity index (χ0) is 23.4. The summed E-state index contributed by atoms with van der Waals surface area (Å²) in [5.74, 6) is -13.3. The highest BCUT2D eigenvalue weighted by atomic mass is 19.2. The molecular weight excluding hydrogens is 435 g/mol. The van der Waals surface area contributed by atoms with Crippen LogP contribution in [0.4, 0.5) is 33.3 Å². The van der Waals surface area contributed by atoms with Gasteiger partial charge in [-0.25, -0.2) is 22.8 Å². The van der Waals surface area contributed by atoms with E-state index in [1.54, 1.807) is 6.07 Å². The van der Waals surface area contributed by atoms with Gasteiger partial charge >= 0.3 is 5.97 Å². The summed E-state index contributed by atoms with van der Waals surface area (Å²) in [6.45, 7) is 4.78. The van der Waals surface area contributed by atoms with E-state index in [1.807, 2.05) is 6.07 Å². The summed E-state index contributed by atoms with van der Waals surface area (Å²) >= 11 is 0. The highest BCUT2D eigenvalue weighted by molar-refractivity contribution is 6.07. The summed E-state index contributed by atoms with van der Waals surface area (Å²) in [7, 11) is 0. The first-order valence-electron chi connectivity index (χ1n) is 9.46. The Morgan fingerprint density at radius 1 is 1.00 bits per heavy atom. The van der Waals surface area contributed by atoms with Gasteiger partial charge in [-0.1, -0.05) is 26.0 Å². The average Bonchev–Trinajstić information content (AvgIpc) is 2.77. The molecule has 2 aliphatic rings. The van der Waals surface area contributed by atoms with Crippen molar-refractivity contribution in [1.29, 1.82) is 0 Å². The van der Waals surface area contributed by atoms with E-state index in [2.05, 4.69) is 29.2 Å². The van der Waals surface area contributed by atoms with Crippen molar-refractivity contribution in [1.82, 2.24) is 0 Å². The molecule has 0 saturated heterocycles. The first-order chi connectivity index (χ1) is 15.1. The molecule has 0 unspecified atom stereocenters. The Morgan fingerprint density at radius 2 is 1.62 bits per heavy atom. The van der Waals surface area contributed by atoms with Gasteiger partial charge in [0, 0.05) is 12.1 Å². The van der Waals surface area contributed by atoms with Crippen molar-refractivity contribution in [3.05, 3.63) is 63.6 Å². The molecule has 0 aliphatic carbocycles. The molecule has 0 atom stereocenters. The molecule has 32 heavy (non-hydrogen) atoms. The number of anilines is 2. The van der Waals surface area contributed by atoms with E-state index >= 15 is 0 Å². The minimum atomic E-state index is -2.39. The number of rotatable bonds is 2. The Morgan fingerprint density at radius 3 is 2.25 bits per heavy atom. The second-order valence-electron chi connectivity index (χ2n) is 7.96. The van der Waals surface area contributed by atoms with Crippen LogP contribution in [0.25, 0.3) is 6.08 Å². The van der Waals surface area contributed by atoms with Gasteiger partial charge in [-0.2, -0.15) is 8.78 Å². The van der Waals surface area contributed by atoms with Crippen LogP contribution >= 0.6 is 0 Å². The first kappa shape index (κ1) is 21.6. The lowest BCUT2D eigenvalue weighted by Crippen LogP contribution is -2.30. The molecule has 2 aromatic rings. The van der Waals surface area contributed by atoms with E-state index in [9.17, 15) is 31.5 Å². The third-order valence-electron chi connectivity index (χ3n) is 5.52. The number of ether oxygens (including phenoxy) is 1. The molecule has 2 aliphatic heterocycles. The van der Waals surface area contributed by atoms with Crippen molar-refractivity contribution < 1.29 is 36.3 Å². The summed E-state index contributed by atoms with van der Waals surface area (Å²) in [6.07, 6.45) is 2.08. The average molecular weight is 450 g/mol. The monoisotopic (exact) mass is 450 g/mol. The van der Waals surface area contributed by atoms with Gasteiger partial charge in [0.1, 0.15) is 5.70 Å². The lowest BCUT2D eigenvalue weighted by molar-refractivity contribution is -0.130. The Kier molecular flexibility index (Phi) is 5.05. The normalized spacial score (nSPS) is 16.1. The molecule has 2 N–H and O–H groups in total. The maximum Gasteiger partial charge on any atom is 0.346 e. The van der Waals surface area contributed by atoms with Crippen LogP contribution in [0.3, 0.4) is 0 Å². The Hall–Kier alpha value is -3.65. The number of carbonyl (C=O) groups excluding carboxylic acids is 2. The number of carbonyl (C=O) groups is 1. The van der Waals surface area contributed by atoms with Crippen LogP contribution in [0.1, 0.15) is 31.4 Å². The van der Waals surface area contributed by atoms with Gasteiger partial charge in [0.15, 0.2) is 5.94 Å².